The van der Waals surface area contributed by atoms with Crippen molar-refractivity contribution in [3.8, 4) is 0 Å². The third-order valence-electron chi connectivity index (χ3n) is 6.31. The van der Waals surface area contributed by atoms with E-state index in [1.807, 2.05) is 41.1 Å². The average Bonchev–Trinajstić information content (AvgIpc) is 3.53. The van der Waals surface area contributed by atoms with Crippen molar-refractivity contribution in [2.75, 3.05) is 0 Å². The van der Waals surface area contributed by atoms with E-state index in [2.05, 4.69) is 75.2 Å². The summed E-state index contributed by atoms with van der Waals surface area (Å²) in [6, 6.07) is 22.0. The van der Waals surface area contributed by atoms with Crippen LogP contribution >= 0.6 is 22.7 Å². The molecule has 0 bridgehead atoms. The Morgan fingerprint density at radius 1 is 0.613 bits per heavy atom. The molecule has 0 radical (unpaired) electrons. The van der Waals surface area contributed by atoms with Crippen LogP contribution in [-0.2, 0) is 0 Å². The van der Waals surface area contributed by atoms with E-state index in [-0.39, 0.29) is 0 Å². The molecule has 0 aliphatic carbocycles. The molecule has 0 saturated heterocycles. The number of aromatic nitrogens is 3. The molecule has 5 heterocycles. The van der Waals surface area contributed by atoms with Crippen molar-refractivity contribution in [1.29, 1.82) is 0 Å². The first-order valence-corrected chi connectivity index (χ1v) is 11.8. The summed E-state index contributed by atoms with van der Waals surface area (Å²) in [7, 11) is 0. The van der Waals surface area contributed by atoms with Crippen LogP contribution in [0.25, 0.3) is 67.8 Å². The minimum atomic E-state index is 0.914. The topological polar surface area (TPSA) is 30.2 Å². The van der Waals surface area contributed by atoms with E-state index in [1.54, 1.807) is 0 Å². The summed E-state index contributed by atoms with van der Waals surface area (Å²) >= 11 is 3.78. The normalized spacial score (nSPS) is 12.5. The summed E-state index contributed by atoms with van der Waals surface area (Å²) in [4.78, 5) is 9.31. The molecule has 0 fully saturated rings. The Labute approximate surface area is 183 Å². The summed E-state index contributed by atoms with van der Waals surface area (Å²) in [5.74, 6) is 0. The van der Waals surface area contributed by atoms with Crippen molar-refractivity contribution in [1.82, 2.24) is 14.4 Å². The summed E-state index contributed by atoms with van der Waals surface area (Å²) in [5.41, 5.74) is 3.08. The molecular formula is C26H13N3S2. The number of fused-ring (bicyclic) bond motifs is 14. The number of thiophene rings is 2. The molecule has 5 heteroatoms. The second-order valence-electron chi connectivity index (χ2n) is 7.87. The summed E-state index contributed by atoms with van der Waals surface area (Å²) in [5, 5.41) is 7.74. The Kier molecular flexibility index (Phi) is 2.91. The molecule has 0 saturated carbocycles. The van der Waals surface area contributed by atoms with Crippen molar-refractivity contribution >= 4 is 90.5 Å². The molecule has 144 valence electrons. The van der Waals surface area contributed by atoms with Crippen molar-refractivity contribution in [3.05, 3.63) is 79.3 Å². The molecule has 0 atom stereocenters. The van der Waals surface area contributed by atoms with Gasteiger partial charge in [0.25, 0.3) is 0 Å². The number of hydrogen-bond acceptors (Lipinski definition) is 4. The highest BCUT2D eigenvalue weighted by atomic mass is 32.1. The van der Waals surface area contributed by atoms with E-state index in [0.29, 0.717) is 0 Å². The maximum Gasteiger partial charge on any atom is 0.163 e. The number of imidazole rings is 1. The van der Waals surface area contributed by atoms with Crippen LogP contribution in [0.5, 0.6) is 0 Å². The number of hydrogen-bond donors (Lipinski definition) is 0. The molecule has 0 aliphatic heterocycles. The molecule has 3 aromatic carbocycles. The minimum Gasteiger partial charge on any atom is -0.297 e. The van der Waals surface area contributed by atoms with Gasteiger partial charge in [0, 0.05) is 69.7 Å². The van der Waals surface area contributed by atoms with Crippen LogP contribution in [0.3, 0.4) is 0 Å². The van der Waals surface area contributed by atoms with Crippen LogP contribution in [0.1, 0.15) is 0 Å². The van der Waals surface area contributed by atoms with E-state index >= 15 is 0 Å². The number of nitrogens with zero attached hydrogens (tertiary/aromatic N) is 3. The summed E-state index contributed by atoms with van der Waals surface area (Å²) < 4.78 is 7.60. The van der Waals surface area contributed by atoms with Gasteiger partial charge in [0.15, 0.2) is 5.65 Å². The molecule has 0 N–H and O–H groups in total. The molecule has 8 aromatic rings. The summed E-state index contributed by atoms with van der Waals surface area (Å²) in [6.07, 6.45) is 5.79. The maximum absolute atomic E-state index is 4.66. The smallest absolute Gasteiger partial charge is 0.163 e. The quantitative estimate of drug-likeness (QED) is 0.230. The fraction of sp³-hybridized carbons (Fsp3) is 0. The number of rotatable bonds is 0. The monoisotopic (exact) mass is 431 g/mol. The first-order valence-electron chi connectivity index (χ1n) is 10.2. The largest absolute Gasteiger partial charge is 0.297 e. The molecule has 3 nitrogen and oxygen atoms in total. The SMILES string of the molecule is c1ccc2c(c1)sc1ccc3c(sc4ccc5c6cccnc6c6nccn6c5c43)c12. The number of pyridine rings is 2. The van der Waals surface area contributed by atoms with Gasteiger partial charge in [-0.05, 0) is 24.3 Å². The lowest BCUT2D eigenvalue weighted by Crippen LogP contribution is -1.92. The minimum absolute atomic E-state index is 0.914. The van der Waals surface area contributed by atoms with Gasteiger partial charge in [-0.3, -0.25) is 9.38 Å². The molecule has 0 amide bonds. The Hall–Kier alpha value is -3.54. The van der Waals surface area contributed by atoms with Gasteiger partial charge < -0.3 is 0 Å². The maximum atomic E-state index is 4.66. The van der Waals surface area contributed by atoms with Gasteiger partial charge in [-0.15, -0.1) is 22.7 Å². The van der Waals surface area contributed by atoms with Gasteiger partial charge in [-0.2, -0.15) is 0 Å². The second-order valence-corrected chi connectivity index (χ2v) is 10.0. The van der Waals surface area contributed by atoms with E-state index < -0.39 is 0 Å². The zero-order chi connectivity index (χ0) is 20.1. The van der Waals surface area contributed by atoms with E-state index in [0.717, 1.165) is 16.6 Å². The standard InChI is InChI=1S/C26H13N3S2/c1-2-6-18-16(4-1)22-20(30-18)10-8-17-21-19(31-25(17)22)9-7-15-14-5-3-11-27-23(14)26-28-12-13-29(26)24(15)21/h1-13H. The molecule has 5 aromatic heterocycles. The molecular weight excluding hydrogens is 418 g/mol. The zero-order valence-corrected chi connectivity index (χ0v) is 17.8. The van der Waals surface area contributed by atoms with Gasteiger partial charge in [0.2, 0.25) is 0 Å². The van der Waals surface area contributed by atoms with Crippen LogP contribution in [0.4, 0.5) is 0 Å². The van der Waals surface area contributed by atoms with Crippen molar-refractivity contribution in [3.63, 3.8) is 0 Å². The fourth-order valence-corrected chi connectivity index (χ4v) is 7.49. The Bertz CT molecular complexity index is 2010. The lowest BCUT2D eigenvalue weighted by atomic mass is 10.0. The van der Waals surface area contributed by atoms with Gasteiger partial charge in [-0.1, -0.05) is 36.4 Å². The lowest BCUT2D eigenvalue weighted by Gasteiger charge is -2.09. The first-order chi connectivity index (χ1) is 15.4. The van der Waals surface area contributed by atoms with E-state index in [1.165, 1.54) is 51.2 Å². The average molecular weight is 432 g/mol. The van der Waals surface area contributed by atoms with Crippen molar-refractivity contribution in [2.24, 2.45) is 0 Å². The highest BCUT2D eigenvalue weighted by molar-refractivity contribution is 7.29. The van der Waals surface area contributed by atoms with Crippen LogP contribution in [0.2, 0.25) is 0 Å². The third-order valence-corrected chi connectivity index (χ3v) is 8.63. The van der Waals surface area contributed by atoms with Crippen LogP contribution in [0.15, 0.2) is 79.3 Å². The lowest BCUT2D eigenvalue weighted by molar-refractivity contribution is 1.26. The van der Waals surface area contributed by atoms with Gasteiger partial charge in [0.1, 0.15) is 5.52 Å². The molecule has 31 heavy (non-hydrogen) atoms. The first kappa shape index (κ1) is 16.2. The second kappa shape index (κ2) is 5.58. The predicted molar refractivity (Wildman–Crippen MR) is 134 cm³/mol. The van der Waals surface area contributed by atoms with E-state index in [9.17, 15) is 0 Å². The highest BCUT2D eigenvalue weighted by Crippen LogP contribution is 2.46. The van der Waals surface area contributed by atoms with Gasteiger partial charge >= 0.3 is 0 Å². The number of benzene rings is 3. The van der Waals surface area contributed by atoms with E-state index in [4.69, 9.17) is 0 Å². The van der Waals surface area contributed by atoms with Crippen molar-refractivity contribution in [2.45, 2.75) is 0 Å². The fourth-order valence-electron chi connectivity index (χ4n) is 5.04. The van der Waals surface area contributed by atoms with Gasteiger partial charge in [0.05, 0.1) is 5.52 Å². The zero-order valence-electron chi connectivity index (χ0n) is 16.2. The van der Waals surface area contributed by atoms with Gasteiger partial charge in [-0.25, -0.2) is 4.98 Å². The van der Waals surface area contributed by atoms with Crippen LogP contribution in [-0.4, -0.2) is 14.4 Å². The Balaban J connectivity index is 1.70. The molecule has 0 spiro atoms. The summed E-state index contributed by atoms with van der Waals surface area (Å²) in [6.45, 7) is 0. The molecule has 0 unspecified atom stereocenters. The molecule has 8 rings (SSSR count). The molecule has 0 aliphatic rings. The van der Waals surface area contributed by atoms with Crippen molar-refractivity contribution < 1.29 is 0 Å². The third kappa shape index (κ3) is 1.93. The Morgan fingerprint density at radius 3 is 2.42 bits per heavy atom. The highest BCUT2D eigenvalue weighted by Gasteiger charge is 2.18. The Morgan fingerprint density at radius 2 is 1.45 bits per heavy atom. The predicted octanol–water partition coefficient (Wildman–Crippen LogP) is 7.77. The van der Waals surface area contributed by atoms with Crippen LogP contribution in [0, 0.1) is 0 Å². The van der Waals surface area contributed by atoms with Crippen LogP contribution < -0.4 is 0 Å².